The highest BCUT2D eigenvalue weighted by atomic mass is 79.9. The average molecular weight is 296 g/mol. The fourth-order valence-corrected chi connectivity index (χ4v) is 1.92. The minimum absolute atomic E-state index is 0.272. The fraction of sp³-hybridized carbons (Fsp3) is 0.0769. The molecule has 0 bridgehead atoms. The van der Waals surface area contributed by atoms with Crippen molar-refractivity contribution in [2.24, 2.45) is 0 Å². The molecule has 0 saturated heterocycles. The third-order valence-electron chi connectivity index (χ3n) is 2.31. The van der Waals surface area contributed by atoms with Crippen molar-refractivity contribution >= 4 is 21.6 Å². The molecule has 0 amide bonds. The predicted molar refractivity (Wildman–Crippen MR) is 69.8 cm³/mol. The van der Waals surface area contributed by atoms with E-state index in [9.17, 15) is 4.39 Å². The summed E-state index contributed by atoms with van der Waals surface area (Å²) >= 11 is 3.36. The van der Waals surface area contributed by atoms with E-state index in [4.69, 9.17) is 10.5 Å². The van der Waals surface area contributed by atoms with Gasteiger partial charge in [0.05, 0.1) is 4.47 Å². The Kier molecular flexibility index (Phi) is 3.33. The van der Waals surface area contributed by atoms with Crippen molar-refractivity contribution in [3.63, 3.8) is 0 Å². The van der Waals surface area contributed by atoms with Crippen LogP contribution in [0.4, 0.5) is 10.1 Å². The second-order valence-electron chi connectivity index (χ2n) is 3.70. The van der Waals surface area contributed by atoms with E-state index >= 15 is 0 Å². The first kappa shape index (κ1) is 11.9. The molecule has 0 fully saturated rings. The van der Waals surface area contributed by atoms with Crippen molar-refractivity contribution in [3.8, 4) is 11.5 Å². The van der Waals surface area contributed by atoms with E-state index in [-0.39, 0.29) is 5.82 Å². The normalized spacial score (nSPS) is 10.3. The van der Waals surface area contributed by atoms with Gasteiger partial charge in [-0.25, -0.2) is 4.39 Å². The molecule has 88 valence electrons. The Morgan fingerprint density at radius 1 is 1.12 bits per heavy atom. The van der Waals surface area contributed by atoms with Crippen LogP contribution >= 0.6 is 15.9 Å². The Hall–Kier alpha value is -1.55. The summed E-state index contributed by atoms with van der Waals surface area (Å²) in [5.74, 6) is 0.997. The van der Waals surface area contributed by atoms with Crippen LogP contribution in [0.2, 0.25) is 0 Å². The van der Waals surface area contributed by atoms with Crippen molar-refractivity contribution in [2.45, 2.75) is 6.92 Å². The number of nitrogen functional groups attached to an aromatic ring is 1. The van der Waals surface area contributed by atoms with Gasteiger partial charge in [-0.05, 0) is 64.8 Å². The molecule has 0 saturated carbocycles. The van der Waals surface area contributed by atoms with Gasteiger partial charge < -0.3 is 10.5 Å². The third kappa shape index (κ3) is 2.77. The summed E-state index contributed by atoms with van der Waals surface area (Å²) in [7, 11) is 0. The van der Waals surface area contributed by atoms with Gasteiger partial charge in [-0.2, -0.15) is 0 Å². The van der Waals surface area contributed by atoms with E-state index < -0.39 is 0 Å². The van der Waals surface area contributed by atoms with Crippen LogP contribution in [0.15, 0.2) is 40.9 Å². The van der Waals surface area contributed by atoms with E-state index in [1.807, 2.05) is 0 Å². The predicted octanol–water partition coefficient (Wildman–Crippen LogP) is 4.27. The molecule has 0 aliphatic carbocycles. The Morgan fingerprint density at radius 2 is 1.82 bits per heavy atom. The first-order valence-electron chi connectivity index (χ1n) is 5.05. The number of hydrogen-bond donors (Lipinski definition) is 1. The van der Waals surface area contributed by atoms with Crippen molar-refractivity contribution < 1.29 is 9.13 Å². The zero-order valence-electron chi connectivity index (χ0n) is 9.21. The molecule has 4 heteroatoms. The molecule has 2 aromatic carbocycles. The van der Waals surface area contributed by atoms with E-state index in [0.29, 0.717) is 17.2 Å². The van der Waals surface area contributed by atoms with Gasteiger partial charge in [-0.15, -0.1) is 0 Å². The lowest BCUT2D eigenvalue weighted by Gasteiger charge is -2.10. The number of halogens is 2. The Labute approximate surface area is 107 Å². The molecule has 0 unspecified atom stereocenters. The topological polar surface area (TPSA) is 35.2 Å². The standard InChI is InChI=1S/C13H11BrFNO/c1-8-6-9(15)2-4-12(8)17-13-5-3-10(16)7-11(13)14/h2-7H,16H2,1H3. The summed E-state index contributed by atoms with van der Waals surface area (Å²) in [6.07, 6.45) is 0. The van der Waals surface area contributed by atoms with Crippen molar-refractivity contribution in [3.05, 3.63) is 52.3 Å². The molecule has 0 heterocycles. The summed E-state index contributed by atoms with van der Waals surface area (Å²) in [4.78, 5) is 0. The molecule has 0 aromatic heterocycles. The largest absolute Gasteiger partial charge is 0.456 e. The number of rotatable bonds is 2. The molecule has 0 atom stereocenters. The van der Waals surface area contributed by atoms with Crippen LogP contribution in [0.3, 0.4) is 0 Å². The molecule has 2 N–H and O–H groups in total. The number of benzene rings is 2. The van der Waals surface area contributed by atoms with Crippen LogP contribution in [0.5, 0.6) is 11.5 Å². The molecule has 2 rings (SSSR count). The van der Waals surface area contributed by atoms with Gasteiger partial charge in [-0.1, -0.05) is 0 Å². The van der Waals surface area contributed by atoms with Crippen molar-refractivity contribution in [2.75, 3.05) is 5.73 Å². The summed E-state index contributed by atoms with van der Waals surface area (Å²) in [6.45, 7) is 1.80. The van der Waals surface area contributed by atoms with Crippen LogP contribution in [0, 0.1) is 12.7 Å². The molecule has 0 radical (unpaired) electrons. The van der Waals surface area contributed by atoms with Crippen LogP contribution < -0.4 is 10.5 Å². The molecule has 17 heavy (non-hydrogen) atoms. The van der Waals surface area contributed by atoms with Gasteiger partial charge in [0.1, 0.15) is 17.3 Å². The summed E-state index contributed by atoms with van der Waals surface area (Å²) in [6, 6.07) is 9.68. The molecule has 0 spiro atoms. The second kappa shape index (κ2) is 4.75. The summed E-state index contributed by atoms with van der Waals surface area (Å²) < 4.78 is 19.4. The molecule has 0 aliphatic heterocycles. The fourth-order valence-electron chi connectivity index (χ4n) is 1.45. The highest BCUT2D eigenvalue weighted by molar-refractivity contribution is 9.10. The van der Waals surface area contributed by atoms with Gasteiger partial charge >= 0.3 is 0 Å². The van der Waals surface area contributed by atoms with Crippen LogP contribution in [-0.4, -0.2) is 0 Å². The van der Waals surface area contributed by atoms with Gasteiger partial charge in [0.25, 0.3) is 0 Å². The first-order chi connectivity index (χ1) is 8.06. The summed E-state index contributed by atoms with van der Waals surface area (Å²) in [5, 5.41) is 0. The highest BCUT2D eigenvalue weighted by Crippen LogP contribution is 2.32. The van der Waals surface area contributed by atoms with Gasteiger partial charge in [-0.3, -0.25) is 0 Å². The van der Waals surface area contributed by atoms with E-state index in [0.717, 1.165) is 10.0 Å². The second-order valence-corrected chi connectivity index (χ2v) is 4.56. The molecular formula is C13H11BrFNO. The lowest BCUT2D eigenvalue weighted by Crippen LogP contribution is -1.91. The molecular weight excluding hydrogens is 285 g/mol. The zero-order valence-corrected chi connectivity index (χ0v) is 10.8. The maximum absolute atomic E-state index is 12.9. The molecule has 2 aromatic rings. The molecule has 2 nitrogen and oxygen atoms in total. The van der Waals surface area contributed by atoms with E-state index in [1.165, 1.54) is 12.1 Å². The highest BCUT2D eigenvalue weighted by Gasteiger charge is 2.06. The zero-order chi connectivity index (χ0) is 12.4. The minimum atomic E-state index is -0.272. The third-order valence-corrected chi connectivity index (χ3v) is 2.93. The van der Waals surface area contributed by atoms with E-state index in [1.54, 1.807) is 31.2 Å². The number of hydrogen-bond acceptors (Lipinski definition) is 2. The Morgan fingerprint density at radius 3 is 2.47 bits per heavy atom. The Bertz CT molecular complexity index is 508. The number of anilines is 1. The first-order valence-corrected chi connectivity index (χ1v) is 5.84. The van der Waals surface area contributed by atoms with E-state index in [2.05, 4.69) is 15.9 Å². The quantitative estimate of drug-likeness (QED) is 0.840. The average Bonchev–Trinajstić information content (AvgIpc) is 2.25. The number of ether oxygens (including phenoxy) is 1. The minimum Gasteiger partial charge on any atom is -0.456 e. The number of nitrogens with two attached hydrogens (primary N) is 1. The van der Waals surface area contributed by atoms with Gasteiger partial charge in [0.2, 0.25) is 0 Å². The van der Waals surface area contributed by atoms with Crippen LogP contribution in [0.1, 0.15) is 5.56 Å². The maximum atomic E-state index is 12.9. The Balaban J connectivity index is 2.31. The van der Waals surface area contributed by atoms with Gasteiger partial charge in [0, 0.05) is 5.69 Å². The maximum Gasteiger partial charge on any atom is 0.141 e. The van der Waals surface area contributed by atoms with Crippen molar-refractivity contribution in [1.29, 1.82) is 0 Å². The van der Waals surface area contributed by atoms with Crippen LogP contribution in [-0.2, 0) is 0 Å². The van der Waals surface area contributed by atoms with Gasteiger partial charge in [0.15, 0.2) is 0 Å². The molecule has 0 aliphatic rings. The lowest BCUT2D eigenvalue weighted by atomic mass is 10.2. The smallest absolute Gasteiger partial charge is 0.141 e. The van der Waals surface area contributed by atoms with Crippen LogP contribution in [0.25, 0.3) is 0 Å². The van der Waals surface area contributed by atoms with Crippen molar-refractivity contribution in [1.82, 2.24) is 0 Å². The number of aryl methyl sites for hydroxylation is 1. The lowest BCUT2D eigenvalue weighted by molar-refractivity contribution is 0.473. The monoisotopic (exact) mass is 295 g/mol. The summed E-state index contributed by atoms with van der Waals surface area (Å²) in [5.41, 5.74) is 7.03. The SMILES string of the molecule is Cc1cc(F)ccc1Oc1ccc(N)cc1Br.